The average molecular weight is 238 g/mol. The fraction of sp³-hybridized carbons (Fsp3) is 0.750. The molecule has 0 fully saturated rings. The maximum absolute atomic E-state index is 5.08. The molecule has 1 aliphatic rings. The van der Waals surface area contributed by atoms with Gasteiger partial charge in [0.2, 0.25) is 0 Å². The number of methoxy groups -OCH3 is 1. The van der Waals surface area contributed by atoms with Gasteiger partial charge >= 0.3 is 0 Å². The number of aromatic nitrogens is 2. The Balaban J connectivity index is 2.01. The van der Waals surface area contributed by atoms with Crippen molar-refractivity contribution < 1.29 is 4.74 Å². The van der Waals surface area contributed by atoms with Gasteiger partial charge in [-0.25, -0.2) is 0 Å². The SMILES string of the molecule is CCc1nn(C)c2c1NCC(CCCOC)N2. The molecule has 0 saturated carbocycles. The monoisotopic (exact) mass is 238 g/mol. The van der Waals surface area contributed by atoms with Crippen LogP contribution in [0.15, 0.2) is 0 Å². The number of fused-ring (bicyclic) bond motifs is 1. The van der Waals surface area contributed by atoms with Crippen LogP contribution in [0.2, 0.25) is 0 Å². The van der Waals surface area contributed by atoms with Crippen molar-refractivity contribution in [1.82, 2.24) is 9.78 Å². The average Bonchev–Trinajstić information content (AvgIpc) is 2.66. The van der Waals surface area contributed by atoms with Gasteiger partial charge in [0.1, 0.15) is 11.5 Å². The Kier molecular flexibility index (Phi) is 3.89. The molecule has 0 radical (unpaired) electrons. The zero-order chi connectivity index (χ0) is 12.3. The van der Waals surface area contributed by atoms with E-state index in [1.54, 1.807) is 7.11 Å². The molecular formula is C12H22N4O. The van der Waals surface area contributed by atoms with Crippen LogP contribution in [-0.4, -0.2) is 36.1 Å². The summed E-state index contributed by atoms with van der Waals surface area (Å²) in [5.74, 6) is 1.12. The number of aryl methyl sites for hydroxylation is 2. The molecule has 96 valence electrons. The van der Waals surface area contributed by atoms with Crippen LogP contribution in [0, 0.1) is 0 Å². The van der Waals surface area contributed by atoms with Gasteiger partial charge in [-0.05, 0) is 19.3 Å². The molecule has 17 heavy (non-hydrogen) atoms. The van der Waals surface area contributed by atoms with Crippen LogP contribution in [0.1, 0.15) is 25.5 Å². The molecule has 0 aliphatic carbocycles. The van der Waals surface area contributed by atoms with Crippen LogP contribution in [-0.2, 0) is 18.2 Å². The first kappa shape index (κ1) is 12.2. The van der Waals surface area contributed by atoms with E-state index in [0.717, 1.165) is 43.9 Å². The predicted octanol–water partition coefficient (Wildman–Crippen LogP) is 1.62. The molecule has 0 saturated heterocycles. The first-order valence-electron chi connectivity index (χ1n) is 6.31. The normalized spacial score (nSPS) is 18.4. The third kappa shape index (κ3) is 2.54. The van der Waals surface area contributed by atoms with Crippen LogP contribution in [0.3, 0.4) is 0 Å². The van der Waals surface area contributed by atoms with Crippen molar-refractivity contribution in [3.8, 4) is 0 Å². The maximum atomic E-state index is 5.08. The molecule has 0 bridgehead atoms. The molecule has 1 atom stereocenters. The van der Waals surface area contributed by atoms with Crippen molar-refractivity contribution in [2.24, 2.45) is 7.05 Å². The van der Waals surface area contributed by atoms with E-state index >= 15 is 0 Å². The predicted molar refractivity (Wildman–Crippen MR) is 69.6 cm³/mol. The molecule has 0 aromatic carbocycles. The summed E-state index contributed by atoms with van der Waals surface area (Å²) in [6, 6.07) is 0.470. The lowest BCUT2D eigenvalue weighted by Crippen LogP contribution is -2.33. The van der Waals surface area contributed by atoms with Gasteiger partial charge in [-0.15, -0.1) is 0 Å². The highest BCUT2D eigenvalue weighted by Gasteiger charge is 2.23. The second-order valence-electron chi connectivity index (χ2n) is 4.50. The Bertz CT molecular complexity index is 375. The van der Waals surface area contributed by atoms with E-state index in [1.807, 2.05) is 11.7 Å². The Morgan fingerprint density at radius 1 is 1.53 bits per heavy atom. The largest absolute Gasteiger partial charge is 0.385 e. The lowest BCUT2D eigenvalue weighted by atomic mass is 10.1. The van der Waals surface area contributed by atoms with Gasteiger partial charge in [0.05, 0.1) is 5.69 Å². The van der Waals surface area contributed by atoms with Crippen LogP contribution < -0.4 is 10.6 Å². The minimum absolute atomic E-state index is 0.470. The van der Waals surface area contributed by atoms with E-state index in [4.69, 9.17) is 4.74 Å². The van der Waals surface area contributed by atoms with Crippen LogP contribution in [0.25, 0.3) is 0 Å². The first-order valence-corrected chi connectivity index (χ1v) is 6.31. The molecular weight excluding hydrogens is 216 g/mol. The molecule has 1 unspecified atom stereocenters. The summed E-state index contributed by atoms with van der Waals surface area (Å²) in [7, 11) is 3.74. The molecule has 2 rings (SSSR count). The molecule has 2 heterocycles. The van der Waals surface area contributed by atoms with Gasteiger partial charge in [0, 0.05) is 33.4 Å². The van der Waals surface area contributed by atoms with Gasteiger partial charge in [-0.3, -0.25) is 4.68 Å². The zero-order valence-corrected chi connectivity index (χ0v) is 10.9. The first-order chi connectivity index (χ1) is 8.26. The third-order valence-corrected chi connectivity index (χ3v) is 3.22. The summed E-state index contributed by atoms with van der Waals surface area (Å²) < 4.78 is 7.02. The number of ether oxygens (including phenoxy) is 1. The number of hydrogen-bond acceptors (Lipinski definition) is 4. The maximum Gasteiger partial charge on any atom is 0.148 e. The van der Waals surface area contributed by atoms with Crippen LogP contribution in [0.4, 0.5) is 11.5 Å². The molecule has 5 nitrogen and oxygen atoms in total. The van der Waals surface area contributed by atoms with Gasteiger partial charge in [0.15, 0.2) is 0 Å². The molecule has 1 aromatic heterocycles. The van der Waals surface area contributed by atoms with E-state index in [9.17, 15) is 0 Å². The highest BCUT2D eigenvalue weighted by molar-refractivity contribution is 5.70. The standard InChI is InChI=1S/C12H22N4O/c1-4-10-11-12(16(2)15-10)14-9(8-13-11)6-5-7-17-3/h9,13-14H,4-8H2,1-3H3. The van der Waals surface area contributed by atoms with Crippen molar-refractivity contribution in [3.05, 3.63) is 5.69 Å². The number of rotatable bonds is 5. The van der Waals surface area contributed by atoms with Crippen molar-refractivity contribution in [3.63, 3.8) is 0 Å². The lowest BCUT2D eigenvalue weighted by molar-refractivity contribution is 0.191. The van der Waals surface area contributed by atoms with Gasteiger partial charge < -0.3 is 15.4 Å². The van der Waals surface area contributed by atoms with Crippen molar-refractivity contribution in [2.75, 3.05) is 30.9 Å². The Morgan fingerprint density at radius 2 is 2.35 bits per heavy atom. The Hall–Kier alpha value is -1.23. The quantitative estimate of drug-likeness (QED) is 0.765. The van der Waals surface area contributed by atoms with Crippen LogP contribution in [0.5, 0.6) is 0 Å². The van der Waals surface area contributed by atoms with E-state index in [1.165, 1.54) is 5.69 Å². The van der Waals surface area contributed by atoms with Gasteiger partial charge in [-0.1, -0.05) is 6.92 Å². The summed E-state index contributed by atoms with van der Waals surface area (Å²) in [5.41, 5.74) is 2.32. The fourth-order valence-corrected chi connectivity index (χ4v) is 2.30. The van der Waals surface area contributed by atoms with Gasteiger partial charge in [0.25, 0.3) is 0 Å². The molecule has 0 amide bonds. The summed E-state index contributed by atoms with van der Waals surface area (Å²) in [6.07, 6.45) is 3.17. The topological polar surface area (TPSA) is 51.1 Å². The second kappa shape index (κ2) is 5.40. The van der Waals surface area contributed by atoms with E-state index in [-0.39, 0.29) is 0 Å². The van der Waals surface area contributed by atoms with E-state index < -0.39 is 0 Å². The Morgan fingerprint density at radius 3 is 3.06 bits per heavy atom. The molecule has 2 N–H and O–H groups in total. The number of anilines is 2. The number of hydrogen-bond donors (Lipinski definition) is 2. The molecule has 0 spiro atoms. The minimum atomic E-state index is 0.470. The summed E-state index contributed by atoms with van der Waals surface area (Å²) in [6.45, 7) is 3.93. The number of nitrogens with zero attached hydrogens (tertiary/aromatic N) is 2. The van der Waals surface area contributed by atoms with Gasteiger partial charge in [-0.2, -0.15) is 5.10 Å². The van der Waals surface area contributed by atoms with Crippen molar-refractivity contribution in [2.45, 2.75) is 32.2 Å². The minimum Gasteiger partial charge on any atom is -0.385 e. The molecule has 5 heteroatoms. The summed E-state index contributed by atoms with van der Waals surface area (Å²) in [5, 5.41) is 11.6. The Labute approximate surface area is 103 Å². The van der Waals surface area contributed by atoms with E-state index in [0.29, 0.717) is 6.04 Å². The lowest BCUT2D eigenvalue weighted by Gasteiger charge is -2.26. The smallest absolute Gasteiger partial charge is 0.148 e. The van der Waals surface area contributed by atoms with Crippen molar-refractivity contribution in [1.29, 1.82) is 0 Å². The zero-order valence-electron chi connectivity index (χ0n) is 10.9. The highest BCUT2D eigenvalue weighted by atomic mass is 16.5. The summed E-state index contributed by atoms with van der Waals surface area (Å²) >= 11 is 0. The van der Waals surface area contributed by atoms with Crippen molar-refractivity contribution >= 4 is 11.5 Å². The number of nitrogens with one attached hydrogen (secondary N) is 2. The summed E-state index contributed by atoms with van der Waals surface area (Å²) in [4.78, 5) is 0. The van der Waals surface area contributed by atoms with Crippen LogP contribution >= 0.6 is 0 Å². The molecule has 1 aliphatic heterocycles. The second-order valence-corrected chi connectivity index (χ2v) is 4.50. The fourth-order valence-electron chi connectivity index (χ4n) is 2.30. The van der Waals surface area contributed by atoms with E-state index in [2.05, 4.69) is 22.7 Å². The third-order valence-electron chi connectivity index (χ3n) is 3.22. The highest BCUT2D eigenvalue weighted by Crippen LogP contribution is 2.30. The molecule has 1 aromatic rings.